The van der Waals surface area contributed by atoms with E-state index in [1.807, 2.05) is 25.1 Å². The zero-order valence-corrected chi connectivity index (χ0v) is 17.4. The second-order valence-corrected chi connectivity index (χ2v) is 7.84. The van der Waals surface area contributed by atoms with Gasteiger partial charge in [0.1, 0.15) is 5.58 Å². The Hall–Kier alpha value is -2.70. The lowest BCUT2D eigenvalue weighted by Gasteiger charge is -2.36. The van der Waals surface area contributed by atoms with Gasteiger partial charge >= 0.3 is 5.63 Å². The summed E-state index contributed by atoms with van der Waals surface area (Å²) < 4.78 is 5.33. The molecular weight excluding hydrogens is 382 g/mol. The molecule has 0 unspecified atom stereocenters. The maximum absolute atomic E-state index is 11.6. The van der Waals surface area contributed by atoms with Gasteiger partial charge in [0.2, 0.25) is 0 Å². The van der Waals surface area contributed by atoms with Crippen molar-refractivity contribution in [3.63, 3.8) is 0 Å². The van der Waals surface area contributed by atoms with E-state index in [-0.39, 0.29) is 5.63 Å². The number of nitrogens with zero attached hydrogens (tertiary/aromatic N) is 2. The van der Waals surface area contributed by atoms with Crippen LogP contribution in [0.3, 0.4) is 0 Å². The molecule has 1 saturated heterocycles. The minimum atomic E-state index is -0.332. The fourth-order valence-electron chi connectivity index (χ4n) is 3.71. The Morgan fingerprint density at radius 2 is 1.83 bits per heavy atom. The maximum Gasteiger partial charge on any atom is 0.336 e. The average molecular weight is 408 g/mol. The fraction of sp³-hybridized carbons (Fsp3) is 0.304. The SMILES string of the molecule is Cc1cc(=O)oc2cc(NC(=S)N3CCN(CCc4ccccc4)CC3)ccc12. The summed E-state index contributed by atoms with van der Waals surface area (Å²) in [5, 5.41) is 4.94. The molecule has 3 aromatic rings. The van der Waals surface area contributed by atoms with Gasteiger partial charge in [0.15, 0.2) is 5.11 Å². The lowest BCUT2D eigenvalue weighted by Crippen LogP contribution is -2.50. The highest BCUT2D eigenvalue weighted by Crippen LogP contribution is 2.21. The lowest BCUT2D eigenvalue weighted by molar-refractivity contribution is 0.185. The Labute approximate surface area is 175 Å². The van der Waals surface area contributed by atoms with Crippen LogP contribution < -0.4 is 10.9 Å². The predicted molar refractivity (Wildman–Crippen MR) is 122 cm³/mol. The Morgan fingerprint density at radius 3 is 2.59 bits per heavy atom. The van der Waals surface area contributed by atoms with Crippen LogP contribution in [0.5, 0.6) is 0 Å². The van der Waals surface area contributed by atoms with Crippen LogP contribution in [0.1, 0.15) is 11.1 Å². The second kappa shape index (κ2) is 8.76. The molecular formula is C23H25N3O2S. The molecule has 0 aliphatic carbocycles. The molecule has 1 aromatic heterocycles. The second-order valence-electron chi connectivity index (χ2n) is 7.45. The molecule has 0 amide bonds. The number of benzene rings is 2. The molecule has 0 bridgehead atoms. The summed E-state index contributed by atoms with van der Waals surface area (Å²) in [7, 11) is 0. The molecule has 0 saturated carbocycles. The smallest absolute Gasteiger partial charge is 0.336 e. The van der Waals surface area contributed by atoms with Gasteiger partial charge in [-0.3, -0.25) is 4.90 Å². The summed E-state index contributed by atoms with van der Waals surface area (Å²) in [5.41, 5.74) is 3.37. The molecule has 0 spiro atoms. The van der Waals surface area contributed by atoms with E-state index < -0.39 is 0 Å². The van der Waals surface area contributed by atoms with E-state index in [4.69, 9.17) is 16.6 Å². The third-order valence-electron chi connectivity index (χ3n) is 5.42. The molecule has 1 aliphatic heterocycles. The van der Waals surface area contributed by atoms with Crippen molar-refractivity contribution >= 4 is 34.0 Å². The summed E-state index contributed by atoms with van der Waals surface area (Å²) in [5.74, 6) is 0. The monoisotopic (exact) mass is 407 g/mol. The summed E-state index contributed by atoms with van der Waals surface area (Å²) >= 11 is 5.61. The van der Waals surface area contributed by atoms with Gasteiger partial charge in [0.05, 0.1) is 0 Å². The number of piperazine rings is 1. The van der Waals surface area contributed by atoms with Crippen molar-refractivity contribution in [3.8, 4) is 0 Å². The van der Waals surface area contributed by atoms with Crippen LogP contribution in [0, 0.1) is 6.92 Å². The Bertz CT molecular complexity index is 1060. The normalized spacial score (nSPS) is 14.9. The van der Waals surface area contributed by atoms with Crippen molar-refractivity contribution < 1.29 is 4.42 Å². The third-order valence-corrected chi connectivity index (χ3v) is 5.78. The fourth-order valence-corrected chi connectivity index (χ4v) is 4.01. The number of hydrogen-bond acceptors (Lipinski definition) is 4. The molecule has 150 valence electrons. The zero-order chi connectivity index (χ0) is 20.2. The van der Waals surface area contributed by atoms with E-state index in [0.717, 1.165) is 55.8 Å². The molecule has 2 aromatic carbocycles. The van der Waals surface area contributed by atoms with Crippen LogP contribution in [0.15, 0.2) is 63.8 Å². The van der Waals surface area contributed by atoms with E-state index in [2.05, 4.69) is 45.4 Å². The van der Waals surface area contributed by atoms with E-state index in [0.29, 0.717) is 10.7 Å². The van der Waals surface area contributed by atoms with Crippen molar-refractivity contribution in [1.29, 1.82) is 0 Å². The summed E-state index contributed by atoms with van der Waals surface area (Å²) in [6.45, 7) is 6.79. The first-order valence-electron chi connectivity index (χ1n) is 9.95. The van der Waals surface area contributed by atoms with Gasteiger partial charge in [-0.15, -0.1) is 0 Å². The first kappa shape index (κ1) is 19.6. The Kier molecular flexibility index (Phi) is 5.92. The van der Waals surface area contributed by atoms with Crippen molar-refractivity contribution in [2.45, 2.75) is 13.3 Å². The summed E-state index contributed by atoms with van der Waals surface area (Å²) in [4.78, 5) is 16.3. The lowest BCUT2D eigenvalue weighted by atomic mass is 10.1. The quantitative estimate of drug-likeness (QED) is 0.526. The van der Waals surface area contributed by atoms with Gasteiger partial charge in [-0.1, -0.05) is 30.3 Å². The van der Waals surface area contributed by atoms with E-state index >= 15 is 0 Å². The molecule has 0 radical (unpaired) electrons. The third kappa shape index (κ3) is 4.83. The number of thiocarbonyl (C=S) groups is 1. The highest BCUT2D eigenvalue weighted by atomic mass is 32.1. The number of rotatable bonds is 4. The molecule has 5 nitrogen and oxygen atoms in total. The topological polar surface area (TPSA) is 48.7 Å². The number of nitrogens with one attached hydrogen (secondary N) is 1. The minimum Gasteiger partial charge on any atom is -0.423 e. The van der Waals surface area contributed by atoms with Crippen LogP contribution >= 0.6 is 12.2 Å². The number of hydrogen-bond donors (Lipinski definition) is 1. The van der Waals surface area contributed by atoms with E-state index in [1.165, 1.54) is 11.6 Å². The molecule has 1 aliphatic rings. The van der Waals surface area contributed by atoms with Gasteiger partial charge in [-0.25, -0.2) is 4.79 Å². The Morgan fingerprint density at radius 1 is 1.07 bits per heavy atom. The molecule has 6 heteroatoms. The molecule has 29 heavy (non-hydrogen) atoms. The molecule has 1 fully saturated rings. The number of aryl methyl sites for hydroxylation is 1. The van der Waals surface area contributed by atoms with Gasteiger partial charge < -0.3 is 14.6 Å². The van der Waals surface area contributed by atoms with Gasteiger partial charge in [-0.05, 0) is 48.8 Å². The van der Waals surface area contributed by atoms with Crippen molar-refractivity contribution in [1.82, 2.24) is 9.80 Å². The summed E-state index contributed by atoms with van der Waals surface area (Å²) in [6.07, 6.45) is 1.07. The molecule has 2 heterocycles. The molecule has 0 atom stereocenters. The van der Waals surface area contributed by atoms with Gasteiger partial charge in [0, 0.05) is 55.9 Å². The molecule has 1 N–H and O–H groups in total. The van der Waals surface area contributed by atoms with Gasteiger partial charge in [0.25, 0.3) is 0 Å². The average Bonchev–Trinajstić information content (AvgIpc) is 2.73. The van der Waals surface area contributed by atoms with Crippen molar-refractivity contribution in [2.24, 2.45) is 0 Å². The minimum absolute atomic E-state index is 0.332. The number of anilines is 1. The largest absolute Gasteiger partial charge is 0.423 e. The van der Waals surface area contributed by atoms with E-state index in [9.17, 15) is 4.79 Å². The van der Waals surface area contributed by atoms with Crippen LogP contribution in [-0.2, 0) is 6.42 Å². The van der Waals surface area contributed by atoms with Crippen LogP contribution in [0.2, 0.25) is 0 Å². The summed E-state index contributed by atoms with van der Waals surface area (Å²) in [6, 6.07) is 17.9. The maximum atomic E-state index is 11.6. The van der Waals surface area contributed by atoms with Crippen LogP contribution in [0.25, 0.3) is 11.0 Å². The number of fused-ring (bicyclic) bond motifs is 1. The van der Waals surface area contributed by atoms with E-state index in [1.54, 1.807) is 0 Å². The van der Waals surface area contributed by atoms with Crippen LogP contribution in [0.4, 0.5) is 5.69 Å². The molecule has 4 rings (SSSR count). The predicted octanol–water partition coefficient (Wildman–Crippen LogP) is 3.66. The van der Waals surface area contributed by atoms with Crippen LogP contribution in [-0.4, -0.2) is 47.6 Å². The highest BCUT2D eigenvalue weighted by molar-refractivity contribution is 7.80. The van der Waals surface area contributed by atoms with Gasteiger partial charge in [-0.2, -0.15) is 0 Å². The zero-order valence-electron chi connectivity index (χ0n) is 16.6. The highest BCUT2D eigenvalue weighted by Gasteiger charge is 2.19. The first-order valence-corrected chi connectivity index (χ1v) is 10.4. The van der Waals surface area contributed by atoms with Crippen molar-refractivity contribution in [3.05, 3.63) is 76.1 Å². The standard InChI is InChI=1S/C23H25N3O2S/c1-17-15-22(27)28-21-16-19(7-8-20(17)21)24-23(29)26-13-11-25(12-14-26)10-9-18-5-3-2-4-6-18/h2-8,15-16H,9-14H2,1H3,(H,24,29). The first-order chi connectivity index (χ1) is 14.1. The Balaban J connectivity index is 1.32. The van der Waals surface area contributed by atoms with Crippen molar-refractivity contribution in [2.75, 3.05) is 38.0 Å².